The van der Waals surface area contributed by atoms with Crippen LogP contribution in [0.2, 0.25) is 5.02 Å². The van der Waals surface area contributed by atoms with Gasteiger partial charge in [-0.25, -0.2) is 4.39 Å². The summed E-state index contributed by atoms with van der Waals surface area (Å²) in [5, 5.41) is 4.35. The fourth-order valence-electron chi connectivity index (χ4n) is 3.61. The van der Waals surface area contributed by atoms with E-state index in [2.05, 4.69) is 10.1 Å². The van der Waals surface area contributed by atoms with Gasteiger partial charge in [0, 0.05) is 35.9 Å². The molecule has 5 nitrogen and oxygen atoms in total. The highest BCUT2D eigenvalue weighted by Crippen LogP contribution is 2.52. The van der Waals surface area contributed by atoms with Crippen molar-refractivity contribution < 1.29 is 13.7 Å². The predicted octanol–water partition coefficient (Wildman–Crippen LogP) is 3.64. The van der Waals surface area contributed by atoms with Gasteiger partial charge in [-0.05, 0) is 31.4 Å². The molecule has 0 spiro atoms. The minimum Gasteiger partial charge on any atom is -0.340 e. The topological polar surface area (TPSA) is 59.2 Å². The summed E-state index contributed by atoms with van der Waals surface area (Å²) in [5.74, 6) is 0.387. The van der Waals surface area contributed by atoms with Gasteiger partial charge in [0.1, 0.15) is 5.82 Å². The van der Waals surface area contributed by atoms with Crippen LogP contribution in [-0.4, -0.2) is 27.5 Å². The highest BCUT2D eigenvalue weighted by atomic mass is 35.5. The highest BCUT2D eigenvalue weighted by Gasteiger charge is 2.50. The summed E-state index contributed by atoms with van der Waals surface area (Å²) < 4.78 is 19.1. The molecule has 1 aromatic heterocycles. The van der Waals surface area contributed by atoms with E-state index in [4.69, 9.17) is 16.1 Å². The van der Waals surface area contributed by atoms with Crippen LogP contribution >= 0.6 is 11.6 Å². The first kappa shape index (κ1) is 15.6. The van der Waals surface area contributed by atoms with Crippen molar-refractivity contribution in [3.8, 4) is 0 Å². The minimum absolute atomic E-state index is 0.0317. The first-order valence-electron chi connectivity index (χ1n) is 8.11. The Hall–Kier alpha value is -1.95. The Morgan fingerprint density at radius 2 is 2.29 bits per heavy atom. The van der Waals surface area contributed by atoms with E-state index in [-0.39, 0.29) is 29.6 Å². The average Bonchev–Trinajstić information content (AvgIpc) is 2.96. The molecular formula is C17H17ClFN3O2. The summed E-state index contributed by atoms with van der Waals surface area (Å²) in [6.45, 7) is 2.40. The van der Waals surface area contributed by atoms with Crippen molar-refractivity contribution in [2.24, 2.45) is 5.92 Å². The molecule has 4 rings (SSSR count). The summed E-state index contributed by atoms with van der Waals surface area (Å²) in [6, 6.07) is 4.49. The van der Waals surface area contributed by atoms with E-state index in [1.807, 2.05) is 4.90 Å². The lowest BCUT2D eigenvalue weighted by atomic mass is 10.1. The van der Waals surface area contributed by atoms with E-state index < -0.39 is 0 Å². The van der Waals surface area contributed by atoms with Gasteiger partial charge < -0.3 is 9.42 Å². The summed E-state index contributed by atoms with van der Waals surface area (Å²) in [7, 11) is 0. The third-order valence-corrected chi connectivity index (χ3v) is 5.18. The maximum atomic E-state index is 14.1. The van der Waals surface area contributed by atoms with E-state index >= 15 is 0 Å². The van der Waals surface area contributed by atoms with E-state index in [1.165, 1.54) is 6.07 Å². The molecule has 0 N–H and O–H groups in total. The Bertz CT molecular complexity index is 774. The largest absolute Gasteiger partial charge is 0.340 e. The normalized spacial score (nSPS) is 26.0. The first-order chi connectivity index (χ1) is 11.6. The molecule has 7 heteroatoms. The predicted molar refractivity (Wildman–Crippen MR) is 85.0 cm³/mol. The molecule has 0 bridgehead atoms. The van der Waals surface area contributed by atoms with Gasteiger partial charge >= 0.3 is 0 Å². The van der Waals surface area contributed by atoms with Crippen molar-refractivity contribution in [3.63, 3.8) is 0 Å². The SMILES string of the molecule is Cc1nc([C@@H]2CCCN2C(=O)[C@@H]2C[C@H]2c2c(F)cccc2Cl)no1. The number of hydrogen-bond acceptors (Lipinski definition) is 4. The molecule has 1 saturated heterocycles. The van der Waals surface area contributed by atoms with Gasteiger partial charge in [-0.15, -0.1) is 0 Å². The maximum Gasteiger partial charge on any atom is 0.226 e. The average molecular weight is 350 g/mol. The fraction of sp³-hybridized carbons (Fsp3) is 0.471. The Labute approximate surface area is 143 Å². The molecule has 2 fully saturated rings. The van der Waals surface area contributed by atoms with Crippen LogP contribution in [0.25, 0.3) is 0 Å². The van der Waals surface area contributed by atoms with Gasteiger partial charge in [0.2, 0.25) is 11.8 Å². The van der Waals surface area contributed by atoms with Crippen molar-refractivity contribution in [2.75, 3.05) is 6.54 Å². The molecule has 0 radical (unpaired) electrons. The standard InChI is InChI=1S/C17H17ClFN3O2/c1-9-20-16(21-24-9)14-6-3-7-22(14)17(23)11-8-10(11)15-12(18)4-2-5-13(15)19/h2,4-5,10-11,14H,3,6-8H2,1H3/t10-,11-,14+/m1/s1. The molecule has 1 amide bonds. The maximum absolute atomic E-state index is 14.1. The van der Waals surface area contributed by atoms with Crippen LogP contribution < -0.4 is 0 Å². The number of halogens is 2. The lowest BCUT2D eigenvalue weighted by Crippen LogP contribution is -2.32. The molecular weight excluding hydrogens is 333 g/mol. The number of carbonyl (C=O) groups excluding carboxylic acids is 1. The number of aryl methyl sites for hydroxylation is 1. The Morgan fingerprint density at radius 3 is 3.00 bits per heavy atom. The number of amides is 1. The quantitative estimate of drug-likeness (QED) is 0.848. The number of hydrogen-bond donors (Lipinski definition) is 0. The molecule has 1 aliphatic carbocycles. The molecule has 1 aliphatic heterocycles. The van der Waals surface area contributed by atoms with E-state index in [1.54, 1.807) is 19.1 Å². The number of aromatic nitrogens is 2. The molecule has 0 unspecified atom stereocenters. The van der Waals surface area contributed by atoms with Gasteiger partial charge in [-0.2, -0.15) is 4.98 Å². The van der Waals surface area contributed by atoms with Crippen molar-refractivity contribution in [1.29, 1.82) is 0 Å². The Morgan fingerprint density at radius 1 is 1.46 bits per heavy atom. The smallest absolute Gasteiger partial charge is 0.226 e. The number of likely N-dealkylation sites (tertiary alicyclic amines) is 1. The van der Waals surface area contributed by atoms with Crippen LogP contribution in [0, 0.1) is 18.7 Å². The van der Waals surface area contributed by atoms with E-state index in [0.717, 1.165) is 12.8 Å². The highest BCUT2D eigenvalue weighted by molar-refractivity contribution is 6.31. The number of carbonyl (C=O) groups is 1. The number of benzene rings is 1. The Kier molecular flexibility index (Phi) is 3.79. The fourth-order valence-corrected chi connectivity index (χ4v) is 3.92. The van der Waals surface area contributed by atoms with Gasteiger partial charge in [-0.3, -0.25) is 4.79 Å². The summed E-state index contributed by atoms with van der Waals surface area (Å²) in [5.41, 5.74) is 0.462. The molecule has 2 heterocycles. The van der Waals surface area contributed by atoms with E-state index in [0.29, 0.717) is 35.3 Å². The molecule has 3 atom stereocenters. The van der Waals surface area contributed by atoms with Gasteiger partial charge in [0.15, 0.2) is 5.82 Å². The van der Waals surface area contributed by atoms with Crippen molar-refractivity contribution in [2.45, 2.75) is 38.1 Å². The summed E-state index contributed by atoms with van der Waals surface area (Å²) >= 11 is 6.12. The van der Waals surface area contributed by atoms with Crippen LogP contribution in [0.15, 0.2) is 22.7 Å². The van der Waals surface area contributed by atoms with Crippen LogP contribution in [-0.2, 0) is 4.79 Å². The molecule has 126 valence electrons. The molecule has 24 heavy (non-hydrogen) atoms. The van der Waals surface area contributed by atoms with Crippen LogP contribution in [0.4, 0.5) is 4.39 Å². The van der Waals surface area contributed by atoms with Crippen molar-refractivity contribution >= 4 is 17.5 Å². The molecule has 2 aromatic rings. The van der Waals surface area contributed by atoms with Crippen LogP contribution in [0.1, 0.15) is 48.5 Å². The summed E-state index contributed by atoms with van der Waals surface area (Å²) in [4.78, 5) is 18.9. The molecule has 2 aliphatic rings. The van der Waals surface area contributed by atoms with Gasteiger partial charge in [-0.1, -0.05) is 22.8 Å². The molecule has 1 aromatic carbocycles. The summed E-state index contributed by atoms with van der Waals surface area (Å²) in [6.07, 6.45) is 2.36. The Balaban J connectivity index is 1.53. The zero-order valence-corrected chi connectivity index (χ0v) is 14.0. The van der Waals surface area contributed by atoms with Crippen LogP contribution in [0.5, 0.6) is 0 Å². The van der Waals surface area contributed by atoms with Crippen molar-refractivity contribution in [3.05, 3.63) is 46.3 Å². The van der Waals surface area contributed by atoms with Crippen LogP contribution in [0.3, 0.4) is 0 Å². The lowest BCUT2D eigenvalue weighted by molar-refractivity contribution is -0.133. The second kappa shape index (κ2) is 5.84. The zero-order chi connectivity index (χ0) is 16.8. The first-order valence-corrected chi connectivity index (χ1v) is 8.48. The lowest BCUT2D eigenvalue weighted by Gasteiger charge is -2.22. The van der Waals surface area contributed by atoms with Crippen molar-refractivity contribution in [1.82, 2.24) is 15.0 Å². The third kappa shape index (κ3) is 2.59. The minimum atomic E-state index is -0.338. The molecule has 1 saturated carbocycles. The number of nitrogens with zero attached hydrogens (tertiary/aromatic N) is 3. The monoisotopic (exact) mass is 349 g/mol. The second-order valence-electron chi connectivity index (χ2n) is 6.45. The van der Waals surface area contributed by atoms with Gasteiger partial charge in [0.05, 0.1) is 6.04 Å². The number of rotatable bonds is 3. The van der Waals surface area contributed by atoms with Gasteiger partial charge in [0.25, 0.3) is 0 Å². The van der Waals surface area contributed by atoms with E-state index in [9.17, 15) is 9.18 Å². The zero-order valence-electron chi connectivity index (χ0n) is 13.2. The second-order valence-corrected chi connectivity index (χ2v) is 6.85. The third-order valence-electron chi connectivity index (χ3n) is 4.86.